The number of methoxy groups -OCH3 is 2. The Morgan fingerprint density at radius 1 is 0.949 bits per heavy atom. The van der Waals surface area contributed by atoms with Gasteiger partial charge >= 0.3 is 11.9 Å². The highest BCUT2D eigenvalue weighted by molar-refractivity contribution is 6.19. The van der Waals surface area contributed by atoms with E-state index >= 15 is 0 Å². The van der Waals surface area contributed by atoms with Gasteiger partial charge < -0.3 is 9.47 Å². The maximum atomic E-state index is 13.4. The first-order valence-corrected chi connectivity index (χ1v) is 14.7. The number of esters is 2. The molecular formula is C33H48O6. The molecule has 0 saturated heterocycles. The zero-order valence-electron chi connectivity index (χ0n) is 25.5. The third-order valence-electron chi connectivity index (χ3n) is 12.0. The molecule has 2 saturated carbocycles. The van der Waals surface area contributed by atoms with E-state index in [0.29, 0.717) is 12.8 Å². The Hall–Kier alpha value is -2.24. The summed E-state index contributed by atoms with van der Waals surface area (Å²) in [4.78, 5) is 52.5. The molecule has 6 nitrogen and oxygen atoms in total. The van der Waals surface area contributed by atoms with Gasteiger partial charge in [-0.3, -0.25) is 14.4 Å². The molecule has 2 fully saturated rings. The second-order valence-corrected chi connectivity index (χ2v) is 14.6. The summed E-state index contributed by atoms with van der Waals surface area (Å²) < 4.78 is 10.4. The molecule has 0 aromatic rings. The fraction of sp³-hybridized carbons (Fsp3) is 0.758. The Balaban J connectivity index is 1.74. The van der Waals surface area contributed by atoms with Crippen molar-refractivity contribution in [1.29, 1.82) is 0 Å². The van der Waals surface area contributed by atoms with Crippen LogP contribution in [0.1, 0.15) is 99.8 Å². The van der Waals surface area contributed by atoms with Crippen molar-refractivity contribution in [2.75, 3.05) is 14.2 Å². The Bertz CT molecular complexity index is 1140. The van der Waals surface area contributed by atoms with Crippen molar-refractivity contribution in [3.8, 4) is 0 Å². The molecule has 0 amide bonds. The van der Waals surface area contributed by atoms with Gasteiger partial charge in [0.1, 0.15) is 0 Å². The van der Waals surface area contributed by atoms with E-state index in [1.54, 1.807) is 6.08 Å². The minimum absolute atomic E-state index is 0.00916. The highest BCUT2D eigenvalue weighted by atomic mass is 16.5. The predicted molar refractivity (Wildman–Crippen MR) is 150 cm³/mol. The number of fused-ring (bicyclic) bond motifs is 3. The maximum Gasteiger partial charge on any atom is 0.341 e. The van der Waals surface area contributed by atoms with Crippen LogP contribution in [0.25, 0.3) is 0 Å². The normalized spacial score (nSPS) is 41.5. The molecule has 0 radical (unpaired) electrons. The summed E-state index contributed by atoms with van der Waals surface area (Å²) in [6.45, 7) is 15.2. The highest BCUT2D eigenvalue weighted by Crippen LogP contribution is 2.68. The number of allylic oxidation sites excluding steroid dienone is 3. The summed E-state index contributed by atoms with van der Waals surface area (Å²) in [7, 11) is 2.79. The van der Waals surface area contributed by atoms with E-state index in [1.165, 1.54) is 14.2 Å². The monoisotopic (exact) mass is 540 g/mol. The zero-order valence-corrected chi connectivity index (χ0v) is 25.5. The first kappa shape index (κ1) is 29.7. The summed E-state index contributed by atoms with van der Waals surface area (Å²) in [5.74, 6) is -0.978. The molecule has 6 heteroatoms. The number of carbonyl (C=O) groups is 4. The number of carbonyl (C=O) groups excluding carboxylic acids is 4. The molecule has 0 N–H and O–H groups in total. The SMILES string of the molecule is COC(=O)C1=C[C@]2(C)C3=CC(=O)C[C@@](C)(CC[C@@]4(C(=O)OC)CCC(C)(C)CC4C)[C@]3(C)CC[C@H]2[C@H](C)C1=O. The molecule has 0 aromatic heterocycles. The predicted octanol–water partition coefficient (Wildman–Crippen LogP) is 6.42. The number of ether oxygens (including phenoxy) is 2. The summed E-state index contributed by atoms with van der Waals surface area (Å²) in [6, 6.07) is 0. The largest absolute Gasteiger partial charge is 0.469 e. The lowest BCUT2D eigenvalue weighted by atomic mass is 9.41. The Morgan fingerprint density at radius 3 is 2.21 bits per heavy atom. The Morgan fingerprint density at radius 2 is 1.62 bits per heavy atom. The van der Waals surface area contributed by atoms with Crippen LogP contribution in [0.15, 0.2) is 23.3 Å². The van der Waals surface area contributed by atoms with Gasteiger partial charge in [0.25, 0.3) is 0 Å². The number of ketones is 2. The van der Waals surface area contributed by atoms with Crippen LogP contribution in [-0.4, -0.2) is 37.7 Å². The highest BCUT2D eigenvalue weighted by Gasteiger charge is 2.62. The van der Waals surface area contributed by atoms with Crippen molar-refractivity contribution in [2.45, 2.75) is 99.8 Å². The number of Topliss-reactive ketones (excluding diaryl/α,β-unsaturated/α-hetero) is 1. The maximum absolute atomic E-state index is 13.4. The molecular weight excluding hydrogens is 492 g/mol. The summed E-state index contributed by atoms with van der Waals surface area (Å²) in [6.07, 6.45) is 9.86. The summed E-state index contributed by atoms with van der Waals surface area (Å²) in [5.41, 5.74) is -0.553. The van der Waals surface area contributed by atoms with Crippen molar-refractivity contribution >= 4 is 23.5 Å². The van der Waals surface area contributed by atoms with Crippen LogP contribution >= 0.6 is 0 Å². The van der Waals surface area contributed by atoms with Gasteiger partial charge in [0.05, 0.1) is 25.2 Å². The summed E-state index contributed by atoms with van der Waals surface area (Å²) >= 11 is 0. The van der Waals surface area contributed by atoms with Crippen LogP contribution in [0.4, 0.5) is 0 Å². The van der Waals surface area contributed by atoms with E-state index in [-0.39, 0.29) is 57.1 Å². The second kappa shape index (κ2) is 9.69. The molecule has 0 bridgehead atoms. The number of rotatable bonds is 5. The van der Waals surface area contributed by atoms with Crippen LogP contribution in [-0.2, 0) is 28.7 Å². The second-order valence-electron chi connectivity index (χ2n) is 14.6. The van der Waals surface area contributed by atoms with E-state index in [9.17, 15) is 19.2 Å². The van der Waals surface area contributed by atoms with Gasteiger partial charge in [-0.1, -0.05) is 60.1 Å². The van der Waals surface area contributed by atoms with Gasteiger partial charge in [-0.15, -0.1) is 0 Å². The van der Waals surface area contributed by atoms with Crippen molar-refractivity contribution in [1.82, 2.24) is 0 Å². The average molecular weight is 541 g/mol. The minimum atomic E-state index is -0.612. The summed E-state index contributed by atoms with van der Waals surface area (Å²) in [5, 5.41) is 0. The van der Waals surface area contributed by atoms with Crippen molar-refractivity contribution in [3.05, 3.63) is 23.3 Å². The van der Waals surface area contributed by atoms with Gasteiger partial charge in [-0.25, -0.2) is 4.79 Å². The van der Waals surface area contributed by atoms with Crippen LogP contribution in [0, 0.1) is 44.8 Å². The first-order valence-electron chi connectivity index (χ1n) is 14.7. The fourth-order valence-electron chi connectivity index (χ4n) is 9.21. The average Bonchev–Trinajstić information content (AvgIpc) is 2.86. The first-order chi connectivity index (χ1) is 18.0. The molecule has 216 valence electrons. The number of hydrogen-bond donors (Lipinski definition) is 0. The molecule has 4 aliphatic carbocycles. The van der Waals surface area contributed by atoms with Gasteiger partial charge in [-0.05, 0) is 79.1 Å². The van der Waals surface area contributed by atoms with Gasteiger partial charge in [-0.2, -0.15) is 0 Å². The minimum Gasteiger partial charge on any atom is -0.469 e. The van der Waals surface area contributed by atoms with Crippen molar-refractivity contribution in [3.63, 3.8) is 0 Å². The lowest BCUT2D eigenvalue weighted by Crippen LogP contribution is -2.56. The van der Waals surface area contributed by atoms with Gasteiger partial charge in [0, 0.05) is 17.8 Å². The van der Waals surface area contributed by atoms with Gasteiger partial charge in [0.15, 0.2) is 11.6 Å². The standard InChI is InChI=1S/C33H48O6/c1-20-17-29(3,4)12-14-33(20,28(37)39-9)15-13-30(5)18-22(34)16-25-31(6)19-23(27(36)38-8)26(35)21(2)24(31)10-11-32(25,30)7/h16,19-21,24H,10-15,17-18H2,1-9H3/t20?,21-,24-,30+,31-,32+,33-/m0/s1. The molecule has 0 aromatic carbocycles. The molecule has 4 aliphatic rings. The van der Waals surface area contributed by atoms with Crippen LogP contribution in [0.2, 0.25) is 0 Å². The quantitative estimate of drug-likeness (QED) is 0.295. The molecule has 0 aliphatic heterocycles. The van der Waals surface area contributed by atoms with E-state index < -0.39 is 16.8 Å². The zero-order chi connectivity index (χ0) is 29.2. The molecule has 1 unspecified atom stereocenters. The van der Waals surface area contributed by atoms with E-state index in [4.69, 9.17) is 9.47 Å². The topological polar surface area (TPSA) is 86.7 Å². The lowest BCUT2D eigenvalue weighted by molar-refractivity contribution is -0.163. The Kier molecular flexibility index (Phi) is 7.39. The lowest BCUT2D eigenvalue weighted by Gasteiger charge is -2.62. The van der Waals surface area contributed by atoms with Gasteiger partial charge in [0.2, 0.25) is 0 Å². The van der Waals surface area contributed by atoms with Crippen LogP contribution in [0.5, 0.6) is 0 Å². The molecule has 7 atom stereocenters. The van der Waals surface area contributed by atoms with E-state index in [0.717, 1.165) is 44.1 Å². The molecule has 39 heavy (non-hydrogen) atoms. The fourth-order valence-corrected chi connectivity index (χ4v) is 9.21. The third kappa shape index (κ3) is 4.44. The van der Waals surface area contributed by atoms with Crippen molar-refractivity contribution in [2.24, 2.45) is 44.8 Å². The third-order valence-corrected chi connectivity index (χ3v) is 12.0. The molecule has 0 heterocycles. The number of hydrogen-bond acceptors (Lipinski definition) is 6. The van der Waals surface area contributed by atoms with Crippen LogP contribution in [0.3, 0.4) is 0 Å². The van der Waals surface area contributed by atoms with E-state index in [2.05, 4.69) is 41.5 Å². The molecule has 4 rings (SSSR count). The van der Waals surface area contributed by atoms with Crippen molar-refractivity contribution < 1.29 is 28.7 Å². The van der Waals surface area contributed by atoms with E-state index in [1.807, 2.05) is 13.0 Å². The van der Waals surface area contributed by atoms with Crippen LogP contribution < -0.4 is 0 Å². The molecule has 0 spiro atoms. The Labute approximate surface area is 234 Å². The smallest absolute Gasteiger partial charge is 0.341 e.